The van der Waals surface area contributed by atoms with Crippen LogP contribution in [0.15, 0.2) is 27.2 Å². The molecule has 0 aliphatic carbocycles. The van der Waals surface area contributed by atoms with Gasteiger partial charge in [-0.3, -0.25) is 9.36 Å². The van der Waals surface area contributed by atoms with Gasteiger partial charge in [-0.25, -0.2) is 13.2 Å². The summed E-state index contributed by atoms with van der Waals surface area (Å²) in [4.78, 5) is 24.4. The first-order valence-corrected chi connectivity index (χ1v) is 12.4. The van der Waals surface area contributed by atoms with E-state index in [1.165, 1.54) is 10.4 Å². The zero-order valence-corrected chi connectivity index (χ0v) is 19.4. The molecule has 1 saturated heterocycles. The Balaban J connectivity index is 1.78. The van der Waals surface area contributed by atoms with Gasteiger partial charge in [0.15, 0.2) is 0 Å². The molecule has 1 fully saturated rings. The van der Waals surface area contributed by atoms with Crippen LogP contribution in [0.3, 0.4) is 0 Å². The van der Waals surface area contributed by atoms with Crippen molar-refractivity contribution in [2.45, 2.75) is 52.0 Å². The molecule has 1 aliphatic heterocycles. The Hall–Kier alpha value is -1.97. The lowest BCUT2D eigenvalue weighted by molar-refractivity contribution is 0.0489. The van der Waals surface area contributed by atoms with Gasteiger partial charge in [0.25, 0.3) is 0 Å². The highest BCUT2D eigenvalue weighted by atomic mass is 32.2. The van der Waals surface area contributed by atoms with E-state index in [0.29, 0.717) is 24.6 Å². The van der Waals surface area contributed by atoms with Gasteiger partial charge in [0.1, 0.15) is 6.61 Å². The number of benzene rings is 1. The number of sulfonamides is 1. The lowest BCUT2D eigenvalue weighted by Gasteiger charge is -2.30. The average Bonchev–Trinajstić information content (AvgIpc) is 3.02. The summed E-state index contributed by atoms with van der Waals surface area (Å²) >= 11 is 1.10. The van der Waals surface area contributed by atoms with E-state index >= 15 is 0 Å². The first-order chi connectivity index (χ1) is 14.1. The lowest BCUT2D eigenvalue weighted by atomic mass is 10.0. The van der Waals surface area contributed by atoms with E-state index in [0.717, 1.165) is 35.4 Å². The Labute approximate surface area is 181 Å². The van der Waals surface area contributed by atoms with Crippen LogP contribution in [-0.2, 0) is 21.3 Å². The molecule has 7 nitrogen and oxygen atoms in total. The molecule has 0 atom stereocenters. The summed E-state index contributed by atoms with van der Waals surface area (Å²) in [6.45, 7) is 8.78. The number of carbonyl (C=O) groups excluding carboxylic acids is 1. The topological polar surface area (TPSA) is 85.7 Å². The zero-order valence-electron chi connectivity index (χ0n) is 17.8. The van der Waals surface area contributed by atoms with Gasteiger partial charge in [-0.15, -0.1) is 0 Å². The second-order valence-electron chi connectivity index (χ2n) is 7.93. The van der Waals surface area contributed by atoms with Crippen molar-refractivity contribution in [1.29, 1.82) is 0 Å². The van der Waals surface area contributed by atoms with Gasteiger partial charge in [-0.2, -0.15) is 4.31 Å². The molecule has 3 rings (SSSR count). The van der Waals surface area contributed by atoms with E-state index in [2.05, 4.69) is 6.92 Å². The van der Waals surface area contributed by atoms with Crippen molar-refractivity contribution in [3.63, 3.8) is 0 Å². The molecule has 0 N–H and O–H groups in total. The number of ether oxygens (including phenoxy) is 1. The van der Waals surface area contributed by atoms with Crippen LogP contribution in [0.25, 0.3) is 0 Å². The highest BCUT2D eigenvalue weighted by Gasteiger charge is 2.30. The summed E-state index contributed by atoms with van der Waals surface area (Å²) in [6, 6.07) is 3.07. The highest BCUT2D eigenvalue weighted by Crippen LogP contribution is 2.28. The molecule has 2 aromatic rings. The third-order valence-electron chi connectivity index (χ3n) is 5.74. The number of rotatable bonds is 6. The summed E-state index contributed by atoms with van der Waals surface area (Å²) in [7, 11) is -3.68. The van der Waals surface area contributed by atoms with E-state index in [1.54, 1.807) is 29.9 Å². The van der Waals surface area contributed by atoms with E-state index in [4.69, 9.17) is 4.74 Å². The highest BCUT2D eigenvalue weighted by molar-refractivity contribution is 7.89. The maximum absolute atomic E-state index is 13.2. The van der Waals surface area contributed by atoms with Gasteiger partial charge in [0.2, 0.25) is 10.0 Å². The summed E-state index contributed by atoms with van der Waals surface area (Å²) in [6.07, 6.45) is 1.67. The Kier molecular flexibility index (Phi) is 6.84. The summed E-state index contributed by atoms with van der Waals surface area (Å²) < 4.78 is 34.8. The first-order valence-electron chi connectivity index (χ1n) is 10.0. The van der Waals surface area contributed by atoms with E-state index in [-0.39, 0.29) is 28.5 Å². The fraction of sp³-hybridized carbons (Fsp3) is 0.524. The molecule has 1 aromatic heterocycles. The summed E-state index contributed by atoms with van der Waals surface area (Å²) in [5, 5.41) is 1.76. The zero-order chi connectivity index (χ0) is 22.1. The molecular formula is C21H28N2O5S2. The Morgan fingerprint density at radius 2 is 1.87 bits per heavy atom. The standard InChI is InChI=1S/C21H28N2O5S2/c1-14-5-7-22(8-6-14)30(26,27)19-12-18(11-15(2)17(19)4)20(24)28-10-9-23-16(3)13-29-21(23)25/h11-14H,5-10H2,1-4H3. The number of thiazole rings is 1. The van der Waals surface area contributed by atoms with E-state index in [1.807, 2.05) is 6.92 Å². The first kappa shape index (κ1) is 22.7. The maximum Gasteiger partial charge on any atom is 0.338 e. The molecule has 0 spiro atoms. The molecule has 1 aromatic carbocycles. The quantitative estimate of drug-likeness (QED) is 0.629. The van der Waals surface area contributed by atoms with Crippen molar-refractivity contribution in [1.82, 2.24) is 8.87 Å². The Morgan fingerprint density at radius 3 is 2.47 bits per heavy atom. The van der Waals surface area contributed by atoms with Gasteiger partial charge in [-0.05, 0) is 62.8 Å². The monoisotopic (exact) mass is 452 g/mol. The van der Waals surface area contributed by atoms with Gasteiger partial charge in [0.05, 0.1) is 17.0 Å². The van der Waals surface area contributed by atoms with Crippen LogP contribution in [-0.4, -0.2) is 43.0 Å². The number of hydrogen-bond donors (Lipinski definition) is 0. The molecule has 164 valence electrons. The van der Waals surface area contributed by atoms with Crippen molar-refractivity contribution < 1.29 is 17.9 Å². The number of aromatic nitrogens is 1. The smallest absolute Gasteiger partial charge is 0.338 e. The minimum absolute atomic E-state index is 0.0370. The van der Waals surface area contributed by atoms with Crippen molar-refractivity contribution >= 4 is 27.3 Å². The van der Waals surface area contributed by atoms with Crippen molar-refractivity contribution in [3.8, 4) is 0 Å². The Morgan fingerprint density at radius 1 is 1.20 bits per heavy atom. The van der Waals surface area contributed by atoms with Gasteiger partial charge >= 0.3 is 10.8 Å². The lowest BCUT2D eigenvalue weighted by Crippen LogP contribution is -2.38. The van der Waals surface area contributed by atoms with Crippen LogP contribution in [0.1, 0.15) is 46.9 Å². The average molecular weight is 453 g/mol. The number of aryl methyl sites for hydroxylation is 2. The number of nitrogens with zero attached hydrogens (tertiary/aromatic N) is 2. The van der Waals surface area contributed by atoms with Crippen LogP contribution in [0.5, 0.6) is 0 Å². The largest absolute Gasteiger partial charge is 0.460 e. The predicted octanol–water partition coefficient (Wildman–Crippen LogP) is 3.11. The molecule has 30 heavy (non-hydrogen) atoms. The van der Waals surface area contributed by atoms with Gasteiger partial charge in [-0.1, -0.05) is 18.3 Å². The maximum atomic E-state index is 13.2. The van der Waals surface area contributed by atoms with Crippen LogP contribution < -0.4 is 4.87 Å². The van der Waals surface area contributed by atoms with E-state index < -0.39 is 16.0 Å². The SMILES string of the molecule is Cc1cc(C(=O)OCCn2c(C)csc2=O)cc(S(=O)(=O)N2CCC(C)CC2)c1C. The minimum atomic E-state index is -3.68. The molecular weight excluding hydrogens is 424 g/mol. The van der Waals surface area contributed by atoms with Crippen molar-refractivity contribution in [2.75, 3.05) is 19.7 Å². The molecule has 0 saturated carbocycles. The van der Waals surface area contributed by atoms with Crippen LogP contribution in [0, 0.1) is 26.7 Å². The van der Waals surface area contributed by atoms with Crippen LogP contribution in [0.4, 0.5) is 0 Å². The van der Waals surface area contributed by atoms with Gasteiger partial charge in [0, 0.05) is 24.2 Å². The van der Waals surface area contributed by atoms with Crippen molar-refractivity contribution in [3.05, 3.63) is 49.6 Å². The van der Waals surface area contributed by atoms with Crippen molar-refractivity contribution in [2.24, 2.45) is 5.92 Å². The molecule has 0 radical (unpaired) electrons. The van der Waals surface area contributed by atoms with Crippen LogP contribution in [0.2, 0.25) is 0 Å². The predicted molar refractivity (Wildman–Crippen MR) is 117 cm³/mol. The molecule has 9 heteroatoms. The Bertz CT molecular complexity index is 1090. The molecule has 2 heterocycles. The number of piperidine rings is 1. The number of esters is 1. The molecule has 0 bridgehead atoms. The number of hydrogen-bond acceptors (Lipinski definition) is 6. The normalized spacial score (nSPS) is 16.0. The summed E-state index contributed by atoms with van der Waals surface area (Å²) in [5.74, 6) is -0.0808. The minimum Gasteiger partial charge on any atom is -0.460 e. The van der Waals surface area contributed by atoms with Crippen LogP contribution >= 0.6 is 11.3 Å². The number of carbonyl (C=O) groups is 1. The second-order valence-corrected chi connectivity index (χ2v) is 10.7. The van der Waals surface area contributed by atoms with E-state index in [9.17, 15) is 18.0 Å². The third kappa shape index (κ3) is 4.68. The molecule has 1 aliphatic rings. The summed E-state index contributed by atoms with van der Waals surface area (Å²) in [5.41, 5.74) is 2.39. The van der Waals surface area contributed by atoms with Gasteiger partial charge < -0.3 is 4.74 Å². The fourth-order valence-corrected chi connectivity index (χ4v) is 6.12. The molecule has 0 unspecified atom stereocenters. The second kappa shape index (κ2) is 9.03. The molecule has 0 amide bonds. The third-order valence-corrected chi connectivity index (χ3v) is 8.65. The fourth-order valence-electron chi connectivity index (χ4n) is 3.56.